The molecule has 0 spiro atoms. The van der Waals surface area contributed by atoms with Gasteiger partial charge in [0, 0.05) is 17.3 Å². The molecule has 6 nitrogen and oxygen atoms in total. The highest BCUT2D eigenvalue weighted by Gasteiger charge is 2.06. The van der Waals surface area contributed by atoms with Crippen LogP contribution in [-0.2, 0) is 6.54 Å². The summed E-state index contributed by atoms with van der Waals surface area (Å²) in [5.74, 6) is 0. The number of nitrogens with one attached hydrogen (secondary N) is 1. The summed E-state index contributed by atoms with van der Waals surface area (Å²) in [6.07, 6.45) is 4.03. The van der Waals surface area contributed by atoms with Crippen molar-refractivity contribution in [3.05, 3.63) is 27.9 Å². The molecule has 0 aliphatic rings. The highest BCUT2D eigenvalue weighted by Crippen LogP contribution is 2.18. The van der Waals surface area contributed by atoms with Crippen molar-refractivity contribution in [1.29, 1.82) is 0 Å². The van der Waals surface area contributed by atoms with Gasteiger partial charge in [-0.1, -0.05) is 11.3 Å². The lowest BCUT2D eigenvalue weighted by atomic mass is 10.5. The first-order valence-corrected chi connectivity index (χ1v) is 5.88. The van der Waals surface area contributed by atoms with Crippen molar-refractivity contribution in [3.63, 3.8) is 0 Å². The summed E-state index contributed by atoms with van der Waals surface area (Å²) < 4.78 is 2.49. The summed E-state index contributed by atoms with van der Waals surface area (Å²) in [6.45, 7) is 0.259. The normalized spacial score (nSPS) is 10.3. The summed E-state index contributed by atoms with van der Waals surface area (Å²) in [5, 5.41) is 15.5. The van der Waals surface area contributed by atoms with Gasteiger partial charge in [-0.25, -0.2) is 14.5 Å². The van der Waals surface area contributed by atoms with Gasteiger partial charge in [0.15, 0.2) is 0 Å². The van der Waals surface area contributed by atoms with Crippen LogP contribution < -0.4 is 5.32 Å². The molecule has 8 heteroatoms. The van der Waals surface area contributed by atoms with Gasteiger partial charge < -0.3 is 10.4 Å². The predicted octanol–water partition coefficient (Wildman–Crippen LogP) is 1.86. The van der Waals surface area contributed by atoms with Crippen molar-refractivity contribution in [2.24, 2.45) is 0 Å². The molecule has 0 saturated carbocycles. The average molecular weight is 303 g/mol. The number of halogens is 1. The van der Waals surface area contributed by atoms with Gasteiger partial charge in [-0.05, 0) is 15.9 Å². The van der Waals surface area contributed by atoms with Crippen molar-refractivity contribution in [2.45, 2.75) is 6.54 Å². The molecule has 0 radical (unpaired) electrons. The zero-order valence-corrected chi connectivity index (χ0v) is 10.3. The van der Waals surface area contributed by atoms with Gasteiger partial charge in [-0.15, -0.1) is 0 Å². The summed E-state index contributed by atoms with van der Waals surface area (Å²) in [6, 6.07) is 0. The minimum absolute atomic E-state index is 0.259. The Morgan fingerprint density at radius 2 is 2.44 bits per heavy atom. The lowest BCUT2D eigenvalue weighted by Gasteiger charge is -1.95. The van der Waals surface area contributed by atoms with Gasteiger partial charge in [-0.2, -0.15) is 5.10 Å². The third-order valence-corrected chi connectivity index (χ3v) is 3.10. The zero-order valence-electron chi connectivity index (χ0n) is 7.92. The quantitative estimate of drug-likeness (QED) is 0.907. The Morgan fingerprint density at radius 1 is 1.62 bits per heavy atom. The SMILES string of the molecule is O=C(O)NCc1cnc(-n2cc(Br)cn2)s1. The van der Waals surface area contributed by atoms with Gasteiger partial charge in [-0.3, -0.25) is 0 Å². The van der Waals surface area contributed by atoms with E-state index in [1.165, 1.54) is 11.3 Å². The Balaban J connectivity index is 2.10. The molecule has 2 rings (SSSR count). The Morgan fingerprint density at radius 3 is 3.06 bits per heavy atom. The number of hydrogen-bond acceptors (Lipinski definition) is 4. The lowest BCUT2D eigenvalue weighted by Crippen LogP contribution is -2.19. The van der Waals surface area contributed by atoms with E-state index in [1.807, 2.05) is 0 Å². The summed E-state index contributed by atoms with van der Waals surface area (Å²) in [7, 11) is 0. The monoisotopic (exact) mass is 302 g/mol. The van der Waals surface area contributed by atoms with Gasteiger partial charge in [0.2, 0.25) is 5.13 Å². The van der Waals surface area contributed by atoms with E-state index in [0.717, 1.165) is 9.35 Å². The molecule has 0 aliphatic carbocycles. The first-order chi connectivity index (χ1) is 7.65. The van der Waals surface area contributed by atoms with Crippen molar-refractivity contribution in [3.8, 4) is 5.13 Å². The molecule has 2 heterocycles. The number of thiazole rings is 1. The smallest absolute Gasteiger partial charge is 0.404 e. The molecule has 2 aromatic heterocycles. The Bertz CT molecular complexity index is 510. The average Bonchev–Trinajstić information content (AvgIpc) is 2.83. The highest BCUT2D eigenvalue weighted by molar-refractivity contribution is 9.10. The van der Waals surface area contributed by atoms with E-state index in [4.69, 9.17) is 5.11 Å². The third kappa shape index (κ3) is 2.58. The lowest BCUT2D eigenvalue weighted by molar-refractivity contribution is 0.194. The number of nitrogens with zero attached hydrogens (tertiary/aromatic N) is 3. The maximum absolute atomic E-state index is 10.3. The Kier molecular flexibility index (Phi) is 3.20. The number of carbonyl (C=O) groups is 1. The summed E-state index contributed by atoms with van der Waals surface area (Å²) in [5.41, 5.74) is 0. The third-order valence-electron chi connectivity index (χ3n) is 1.70. The topological polar surface area (TPSA) is 80.0 Å². The van der Waals surface area contributed by atoms with Crippen LogP contribution in [0.15, 0.2) is 23.1 Å². The maximum atomic E-state index is 10.3. The van der Waals surface area contributed by atoms with Crippen molar-refractivity contribution >= 4 is 33.4 Å². The van der Waals surface area contributed by atoms with Crippen LogP contribution in [0.5, 0.6) is 0 Å². The van der Waals surface area contributed by atoms with Crippen LogP contribution >= 0.6 is 27.3 Å². The van der Waals surface area contributed by atoms with E-state index in [-0.39, 0.29) is 6.54 Å². The molecule has 0 bridgehead atoms. The molecule has 0 fully saturated rings. The van der Waals surface area contributed by atoms with E-state index in [9.17, 15) is 4.79 Å². The number of carboxylic acid groups (broad SMARTS) is 1. The maximum Gasteiger partial charge on any atom is 0.404 e. The largest absolute Gasteiger partial charge is 0.465 e. The minimum atomic E-state index is -1.04. The van der Waals surface area contributed by atoms with Crippen LogP contribution in [0.25, 0.3) is 5.13 Å². The second kappa shape index (κ2) is 4.62. The molecule has 0 atom stereocenters. The molecule has 0 unspecified atom stereocenters. The number of rotatable bonds is 3. The van der Waals surface area contributed by atoms with Crippen molar-refractivity contribution < 1.29 is 9.90 Å². The second-order valence-corrected chi connectivity index (χ2v) is 4.88. The molecule has 2 aromatic rings. The fraction of sp³-hybridized carbons (Fsp3) is 0.125. The van der Waals surface area contributed by atoms with Crippen molar-refractivity contribution in [2.75, 3.05) is 0 Å². The number of amides is 1. The van der Waals surface area contributed by atoms with Gasteiger partial charge in [0.05, 0.1) is 17.2 Å². The van der Waals surface area contributed by atoms with Gasteiger partial charge >= 0.3 is 6.09 Å². The molecule has 0 aromatic carbocycles. The van der Waals surface area contributed by atoms with Gasteiger partial charge in [0.1, 0.15) is 0 Å². The predicted molar refractivity (Wildman–Crippen MR) is 61.8 cm³/mol. The van der Waals surface area contributed by atoms with E-state index in [2.05, 4.69) is 31.3 Å². The van der Waals surface area contributed by atoms with Crippen LogP contribution in [0.4, 0.5) is 4.79 Å². The molecule has 0 aliphatic heterocycles. The molecular formula is C8H7BrN4O2S. The van der Waals surface area contributed by atoms with Gasteiger partial charge in [0.25, 0.3) is 0 Å². The molecule has 1 amide bonds. The van der Waals surface area contributed by atoms with E-state index >= 15 is 0 Å². The van der Waals surface area contributed by atoms with Crippen LogP contribution in [0.3, 0.4) is 0 Å². The van der Waals surface area contributed by atoms with Crippen LogP contribution in [0.2, 0.25) is 0 Å². The molecule has 84 valence electrons. The van der Waals surface area contributed by atoms with E-state index in [0.29, 0.717) is 5.13 Å². The first-order valence-electron chi connectivity index (χ1n) is 4.27. The molecule has 16 heavy (non-hydrogen) atoms. The van der Waals surface area contributed by atoms with Crippen LogP contribution in [-0.4, -0.2) is 26.0 Å². The molecule has 2 N–H and O–H groups in total. The van der Waals surface area contributed by atoms with Crippen LogP contribution in [0.1, 0.15) is 4.88 Å². The highest BCUT2D eigenvalue weighted by atomic mass is 79.9. The van der Waals surface area contributed by atoms with Crippen molar-refractivity contribution in [1.82, 2.24) is 20.1 Å². The summed E-state index contributed by atoms with van der Waals surface area (Å²) >= 11 is 4.67. The van der Waals surface area contributed by atoms with Crippen LogP contribution in [0, 0.1) is 0 Å². The Labute approximate surface area is 103 Å². The first kappa shape index (κ1) is 11.1. The fourth-order valence-corrected chi connectivity index (χ4v) is 2.12. The summed E-state index contributed by atoms with van der Waals surface area (Å²) in [4.78, 5) is 15.3. The van der Waals surface area contributed by atoms with E-state index in [1.54, 1.807) is 23.3 Å². The minimum Gasteiger partial charge on any atom is -0.465 e. The fourth-order valence-electron chi connectivity index (χ4n) is 1.05. The molecule has 0 saturated heterocycles. The second-order valence-electron chi connectivity index (χ2n) is 2.87. The van der Waals surface area contributed by atoms with E-state index < -0.39 is 6.09 Å². The number of hydrogen-bond donors (Lipinski definition) is 2. The Hall–Kier alpha value is -1.41. The molecular weight excluding hydrogens is 296 g/mol. The standard InChI is InChI=1S/C8H7BrN4O2S/c9-5-1-12-13(4-5)7-10-2-6(16-7)3-11-8(14)15/h1-2,4,11H,3H2,(H,14,15). The number of aromatic nitrogens is 3. The zero-order chi connectivity index (χ0) is 11.5.